The summed E-state index contributed by atoms with van der Waals surface area (Å²) in [4.78, 5) is 14.6. The standard InChI is InChI=1S/C9H7Cl2F2NO2/c1-16-6(15)3-4-2-5(10)7(9(12)13)8(11)14-4/h2,9H,3H2,1H3. The zero-order valence-corrected chi connectivity index (χ0v) is 9.65. The fraction of sp³-hybridized carbons (Fsp3) is 0.333. The zero-order chi connectivity index (χ0) is 12.3. The highest BCUT2D eigenvalue weighted by molar-refractivity contribution is 6.35. The molecule has 0 aliphatic heterocycles. The van der Waals surface area contributed by atoms with Gasteiger partial charge in [-0.15, -0.1) is 0 Å². The van der Waals surface area contributed by atoms with Gasteiger partial charge < -0.3 is 4.74 Å². The molecule has 0 spiro atoms. The highest BCUT2D eigenvalue weighted by atomic mass is 35.5. The summed E-state index contributed by atoms with van der Waals surface area (Å²) < 4.78 is 29.3. The van der Waals surface area contributed by atoms with E-state index >= 15 is 0 Å². The van der Waals surface area contributed by atoms with Gasteiger partial charge in [0.25, 0.3) is 6.43 Å². The molecule has 1 aromatic heterocycles. The largest absolute Gasteiger partial charge is 0.469 e. The Labute approximate surface area is 100 Å². The van der Waals surface area contributed by atoms with Crippen LogP contribution in [-0.2, 0) is 16.0 Å². The summed E-state index contributed by atoms with van der Waals surface area (Å²) in [6.07, 6.45) is -2.97. The molecule has 0 aliphatic carbocycles. The second-order valence-electron chi connectivity index (χ2n) is 2.85. The van der Waals surface area contributed by atoms with E-state index in [9.17, 15) is 13.6 Å². The molecular weight excluding hydrogens is 263 g/mol. The number of aromatic nitrogens is 1. The van der Waals surface area contributed by atoms with E-state index in [-0.39, 0.29) is 17.1 Å². The molecule has 1 rings (SSSR count). The topological polar surface area (TPSA) is 39.2 Å². The monoisotopic (exact) mass is 269 g/mol. The molecule has 0 bridgehead atoms. The average Bonchev–Trinajstić information content (AvgIpc) is 2.15. The molecular formula is C9H7Cl2F2NO2. The Morgan fingerprint density at radius 3 is 2.62 bits per heavy atom. The summed E-state index contributed by atoms with van der Waals surface area (Å²) >= 11 is 11.1. The predicted molar refractivity (Wildman–Crippen MR) is 54.9 cm³/mol. The summed E-state index contributed by atoms with van der Waals surface area (Å²) in [6.45, 7) is 0. The fourth-order valence-corrected chi connectivity index (χ4v) is 1.69. The van der Waals surface area contributed by atoms with Gasteiger partial charge in [0.2, 0.25) is 0 Å². The maximum absolute atomic E-state index is 12.4. The third-order valence-corrected chi connectivity index (χ3v) is 2.39. The fourth-order valence-electron chi connectivity index (χ4n) is 1.05. The highest BCUT2D eigenvalue weighted by Gasteiger charge is 2.19. The first-order chi connectivity index (χ1) is 7.45. The van der Waals surface area contributed by atoms with Gasteiger partial charge in [-0.25, -0.2) is 13.8 Å². The molecule has 0 N–H and O–H groups in total. The van der Waals surface area contributed by atoms with Crippen LogP contribution < -0.4 is 0 Å². The van der Waals surface area contributed by atoms with E-state index in [4.69, 9.17) is 23.2 Å². The Morgan fingerprint density at radius 2 is 2.19 bits per heavy atom. The van der Waals surface area contributed by atoms with Gasteiger partial charge in [0, 0.05) is 0 Å². The minimum Gasteiger partial charge on any atom is -0.469 e. The van der Waals surface area contributed by atoms with E-state index in [1.165, 1.54) is 13.2 Å². The maximum atomic E-state index is 12.4. The Morgan fingerprint density at radius 1 is 1.56 bits per heavy atom. The summed E-state index contributed by atoms with van der Waals surface area (Å²) in [5, 5.41) is -0.615. The van der Waals surface area contributed by atoms with Gasteiger partial charge in [-0.3, -0.25) is 4.79 Å². The molecule has 0 radical (unpaired) electrons. The number of ether oxygens (including phenoxy) is 1. The van der Waals surface area contributed by atoms with Gasteiger partial charge in [0.1, 0.15) is 5.15 Å². The molecule has 1 heterocycles. The lowest BCUT2D eigenvalue weighted by Crippen LogP contribution is -2.07. The number of hydrogen-bond donors (Lipinski definition) is 0. The first-order valence-electron chi connectivity index (χ1n) is 4.15. The molecule has 0 saturated carbocycles. The summed E-state index contributed by atoms with van der Waals surface area (Å²) in [5.41, 5.74) is -0.344. The van der Waals surface area contributed by atoms with Gasteiger partial charge in [0.05, 0.1) is 29.8 Å². The van der Waals surface area contributed by atoms with Crippen LogP contribution in [0.3, 0.4) is 0 Å². The van der Waals surface area contributed by atoms with Gasteiger partial charge in [-0.2, -0.15) is 0 Å². The number of alkyl halides is 2. The Hall–Kier alpha value is -0.940. The number of carbonyl (C=O) groups excluding carboxylic acids is 1. The quantitative estimate of drug-likeness (QED) is 0.626. The van der Waals surface area contributed by atoms with Crippen LogP contribution in [0.25, 0.3) is 0 Å². The van der Waals surface area contributed by atoms with E-state index in [0.29, 0.717) is 0 Å². The number of methoxy groups -OCH3 is 1. The number of pyridine rings is 1. The Bertz CT molecular complexity index is 389. The van der Waals surface area contributed by atoms with Crippen LogP contribution in [0.4, 0.5) is 8.78 Å². The van der Waals surface area contributed by atoms with Gasteiger partial charge in [0.15, 0.2) is 0 Å². The van der Waals surface area contributed by atoms with Crippen LogP contribution in [0, 0.1) is 0 Å². The molecule has 88 valence electrons. The lowest BCUT2D eigenvalue weighted by molar-refractivity contribution is -0.139. The van der Waals surface area contributed by atoms with Crippen molar-refractivity contribution in [2.45, 2.75) is 12.8 Å². The SMILES string of the molecule is COC(=O)Cc1cc(Cl)c(C(F)F)c(Cl)n1. The van der Waals surface area contributed by atoms with Gasteiger partial charge in [-0.1, -0.05) is 23.2 Å². The first kappa shape index (κ1) is 13.1. The number of carbonyl (C=O) groups is 1. The van der Waals surface area contributed by atoms with Crippen molar-refractivity contribution in [3.8, 4) is 0 Å². The predicted octanol–water partition coefficient (Wildman–Crippen LogP) is 3.04. The van der Waals surface area contributed by atoms with E-state index in [1.54, 1.807) is 0 Å². The lowest BCUT2D eigenvalue weighted by Gasteiger charge is -2.07. The third-order valence-electron chi connectivity index (χ3n) is 1.79. The normalized spacial score (nSPS) is 10.6. The van der Waals surface area contributed by atoms with Crippen molar-refractivity contribution in [3.63, 3.8) is 0 Å². The number of halogens is 4. The summed E-state index contributed by atoms with van der Waals surface area (Å²) in [7, 11) is 1.21. The molecule has 1 aromatic rings. The van der Waals surface area contributed by atoms with Crippen molar-refractivity contribution in [2.24, 2.45) is 0 Å². The molecule has 0 unspecified atom stereocenters. The molecule has 0 aromatic carbocycles. The first-order valence-corrected chi connectivity index (χ1v) is 4.91. The second-order valence-corrected chi connectivity index (χ2v) is 3.62. The number of nitrogens with zero attached hydrogens (tertiary/aromatic N) is 1. The van der Waals surface area contributed by atoms with Crippen molar-refractivity contribution in [2.75, 3.05) is 7.11 Å². The summed E-state index contributed by atoms with van der Waals surface area (Å²) in [5.74, 6) is -0.551. The van der Waals surface area contributed by atoms with Crippen molar-refractivity contribution >= 4 is 29.2 Å². The third kappa shape index (κ3) is 3.02. The number of rotatable bonds is 3. The Balaban J connectivity index is 3.05. The average molecular weight is 270 g/mol. The van der Waals surface area contributed by atoms with E-state index in [0.717, 1.165) is 0 Å². The second kappa shape index (κ2) is 5.41. The zero-order valence-electron chi connectivity index (χ0n) is 8.14. The van der Waals surface area contributed by atoms with Crippen LogP contribution in [-0.4, -0.2) is 18.1 Å². The number of esters is 1. The maximum Gasteiger partial charge on any atom is 0.311 e. The van der Waals surface area contributed by atoms with Crippen LogP contribution in [0.2, 0.25) is 10.2 Å². The summed E-state index contributed by atoms with van der Waals surface area (Å²) in [6, 6.07) is 1.17. The van der Waals surface area contributed by atoms with Crippen molar-refractivity contribution in [1.82, 2.24) is 4.98 Å². The van der Waals surface area contributed by atoms with Crippen LogP contribution in [0.5, 0.6) is 0 Å². The molecule has 0 atom stereocenters. The lowest BCUT2D eigenvalue weighted by atomic mass is 10.2. The van der Waals surface area contributed by atoms with E-state index < -0.39 is 23.1 Å². The van der Waals surface area contributed by atoms with Gasteiger partial charge in [-0.05, 0) is 6.07 Å². The molecule has 16 heavy (non-hydrogen) atoms. The molecule has 0 saturated heterocycles. The highest BCUT2D eigenvalue weighted by Crippen LogP contribution is 2.32. The van der Waals surface area contributed by atoms with E-state index in [1.807, 2.05) is 0 Å². The molecule has 7 heteroatoms. The van der Waals surface area contributed by atoms with E-state index in [2.05, 4.69) is 9.72 Å². The van der Waals surface area contributed by atoms with Crippen LogP contribution >= 0.6 is 23.2 Å². The van der Waals surface area contributed by atoms with Gasteiger partial charge >= 0.3 is 5.97 Å². The minimum absolute atomic E-state index is 0.167. The van der Waals surface area contributed by atoms with Crippen molar-refractivity contribution in [3.05, 3.63) is 27.5 Å². The Kier molecular flexibility index (Phi) is 4.44. The van der Waals surface area contributed by atoms with Crippen LogP contribution in [0.1, 0.15) is 17.7 Å². The van der Waals surface area contributed by atoms with Crippen molar-refractivity contribution < 1.29 is 18.3 Å². The van der Waals surface area contributed by atoms with Crippen molar-refractivity contribution in [1.29, 1.82) is 0 Å². The number of hydrogen-bond acceptors (Lipinski definition) is 3. The molecule has 3 nitrogen and oxygen atoms in total. The smallest absolute Gasteiger partial charge is 0.311 e. The molecule has 0 aliphatic rings. The van der Waals surface area contributed by atoms with Crippen LogP contribution in [0.15, 0.2) is 6.07 Å². The molecule has 0 amide bonds. The minimum atomic E-state index is -2.81. The molecule has 0 fully saturated rings.